The standard InChI is InChI=1S/C9H15NO2/c11-9(12)7-2-1-6-3-4-10-8(6)5-7/h6-8,10H,1-5H2,(H,11,12)/t6-,7+,8-/m0/s1. The summed E-state index contributed by atoms with van der Waals surface area (Å²) in [6.07, 6.45) is 4.09. The molecule has 2 rings (SSSR count). The average Bonchev–Trinajstić information content (AvgIpc) is 2.49. The number of rotatable bonds is 1. The molecule has 0 aromatic heterocycles. The minimum absolute atomic E-state index is 0.0863. The van der Waals surface area contributed by atoms with Crippen molar-refractivity contribution in [3.8, 4) is 0 Å². The van der Waals surface area contributed by atoms with E-state index in [2.05, 4.69) is 5.32 Å². The minimum atomic E-state index is -0.609. The molecular formula is C9H15NO2. The Bertz CT molecular complexity index is 193. The fraction of sp³-hybridized carbons (Fsp3) is 0.889. The molecule has 68 valence electrons. The fourth-order valence-corrected chi connectivity index (χ4v) is 2.51. The maximum absolute atomic E-state index is 10.7. The smallest absolute Gasteiger partial charge is 0.306 e. The Morgan fingerprint density at radius 1 is 1.33 bits per heavy atom. The van der Waals surface area contributed by atoms with Crippen LogP contribution in [0.5, 0.6) is 0 Å². The van der Waals surface area contributed by atoms with E-state index in [1.165, 1.54) is 6.42 Å². The third-order valence-corrected chi connectivity index (χ3v) is 3.26. The SMILES string of the molecule is O=C(O)[C@@H]1CC[C@H]2CCN[C@H]2C1. The molecule has 12 heavy (non-hydrogen) atoms. The largest absolute Gasteiger partial charge is 0.481 e. The van der Waals surface area contributed by atoms with Crippen molar-refractivity contribution in [2.24, 2.45) is 11.8 Å². The molecule has 1 aliphatic carbocycles. The Kier molecular flexibility index (Phi) is 2.05. The van der Waals surface area contributed by atoms with Crippen molar-refractivity contribution in [2.75, 3.05) is 6.54 Å². The van der Waals surface area contributed by atoms with E-state index in [0.717, 1.165) is 31.7 Å². The number of aliphatic carboxylic acids is 1. The van der Waals surface area contributed by atoms with Crippen LogP contribution in [0.4, 0.5) is 0 Å². The lowest BCUT2D eigenvalue weighted by molar-refractivity contribution is -0.143. The van der Waals surface area contributed by atoms with Gasteiger partial charge in [-0.15, -0.1) is 0 Å². The summed E-state index contributed by atoms with van der Waals surface area (Å²) >= 11 is 0. The van der Waals surface area contributed by atoms with Crippen molar-refractivity contribution < 1.29 is 9.90 Å². The van der Waals surface area contributed by atoms with Gasteiger partial charge in [-0.05, 0) is 38.1 Å². The topological polar surface area (TPSA) is 49.3 Å². The molecule has 0 amide bonds. The second-order valence-electron chi connectivity index (χ2n) is 3.96. The van der Waals surface area contributed by atoms with Gasteiger partial charge in [0.1, 0.15) is 0 Å². The number of carbonyl (C=O) groups is 1. The third-order valence-electron chi connectivity index (χ3n) is 3.26. The molecule has 3 heteroatoms. The van der Waals surface area contributed by atoms with Crippen molar-refractivity contribution in [3.05, 3.63) is 0 Å². The maximum Gasteiger partial charge on any atom is 0.306 e. The second-order valence-corrected chi connectivity index (χ2v) is 3.96. The van der Waals surface area contributed by atoms with Crippen molar-refractivity contribution in [1.82, 2.24) is 5.32 Å². The number of carboxylic acids is 1. The molecule has 0 aromatic carbocycles. The van der Waals surface area contributed by atoms with Gasteiger partial charge in [0.15, 0.2) is 0 Å². The predicted octanol–water partition coefficient (Wildman–Crippen LogP) is 0.849. The predicted molar refractivity (Wildman–Crippen MR) is 44.9 cm³/mol. The van der Waals surface area contributed by atoms with Gasteiger partial charge in [0.05, 0.1) is 5.92 Å². The summed E-state index contributed by atoms with van der Waals surface area (Å²) in [4.78, 5) is 10.7. The van der Waals surface area contributed by atoms with Crippen LogP contribution in [0.1, 0.15) is 25.7 Å². The first-order valence-electron chi connectivity index (χ1n) is 4.73. The van der Waals surface area contributed by atoms with Crippen LogP contribution in [0.2, 0.25) is 0 Å². The number of fused-ring (bicyclic) bond motifs is 1. The Balaban J connectivity index is 1.96. The van der Waals surface area contributed by atoms with Gasteiger partial charge in [0.2, 0.25) is 0 Å². The molecule has 3 atom stereocenters. The first kappa shape index (κ1) is 8.05. The lowest BCUT2D eigenvalue weighted by Crippen LogP contribution is -2.36. The van der Waals surface area contributed by atoms with Crippen molar-refractivity contribution >= 4 is 5.97 Å². The molecule has 1 saturated heterocycles. The highest BCUT2D eigenvalue weighted by Crippen LogP contribution is 2.33. The van der Waals surface area contributed by atoms with E-state index in [9.17, 15) is 4.79 Å². The molecule has 2 N–H and O–H groups in total. The van der Waals surface area contributed by atoms with Crippen LogP contribution in [0.3, 0.4) is 0 Å². The molecule has 0 spiro atoms. The zero-order valence-electron chi connectivity index (χ0n) is 7.12. The van der Waals surface area contributed by atoms with Crippen LogP contribution in [0.15, 0.2) is 0 Å². The Labute approximate surface area is 72.2 Å². The lowest BCUT2D eigenvalue weighted by atomic mass is 9.79. The number of hydrogen-bond acceptors (Lipinski definition) is 2. The summed E-state index contributed by atoms with van der Waals surface area (Å²) in [7, 11) is 0. The molecule has 0 unspecified atom stereocenters. The first-order chi connectivity index (χ1) is 5.77. The molecule has 1 heterocycles. The molecule has 3 nitrogen and oxygen atoms in total. The van der Waals surface area contributed by atoms with Gasteiger partial charge in [-0.2, -0.15) is 0 Å². The summed E-state index contributed by atoms with van der Waals surface area (Å²) in [5, 5.41) is 12.2. The molecule has 1 saturated carbocycles. The average molecular weight is 169 g/mol. The van der Waals surface area contributed by atoms with E-state index in [4.69, 9.17) is 5.11 Å². The molecule has 1 aliphatic heterocycles. The normalized spacial score (nSPS) is 40.8. The van der Waals surface area contributed by atoms with Crippen LogP contribution in [-0.4, -0.2) is 23.7 Å². The summed E-state index contributed by atoms with van der Waals surface area (Å²) in [5.74, 6) is 0.0691. The highest BCUT2D eigenvalue weighted by molar-refractivity contribution is 5.70. The molecule has 2 aliphatic rings. The molecule has 0 radical (unpaired) electrons. The van der Waals surface area contributed by atoms with Crippen molar-refractivity contribution in [1.29, 1.82) is 0 Å². The van der Waals surface area contributed by atoms with E-state index in [0.29, 0.717) is 6.04 Å². The van der Waals surface area contributed by atoms with Crippen LogP contribution >= 0.6 is 0 Å². The summed E-state index contributed by atoms with van der Waals surface area (Å²) < 4.78 is 0. The van der Waals surface area contributed by atoms with Gasteiger partial charge in [0, 0.05) is 6.04 Å². The van der Waals surface area contributed by atoms with Crippen LogP contribution < -0.4 is 5.32 Å². The molecular weight excluding hydrogens is 154 g/mol. The zero-order chi connectivity index (χ0) is 8.55. The molecule has 0 bridgehead atoms. The highest BCUT2D eigenvalue weighted by Gasteiger charge is 2.35. The summed E-state index contributed by atoms with van der Waals surface area (Å²) in [5.41, 5.74) is 0. The summed E-state index contributed by atoms with van der Waals surface area (Å²) in [6, 6.07) is 0.500. The maximum atomic E-state index is 10.7. The monoisotopic (exact) mass is 169 g/mol. The third kappa shape index (κ3) is 1.33. The van der Waals surface area contributed by atoms with Crippen molar-refractivity contribution in [3.63, 3.8) is 0 Å². The Hall–Kier alpha value is -0.570. The van der Waals surface area contributed by atoms with E-state index in [1.807, 2.05) is 0 Å². The van der Waals surface area contributed by atoms with Crippen LogP contribution in [0.25, 0.3) is 0 Å². The fourth-order valence-electron chi connectivity index (χ4n) is 2.51. The number of carboxylic acid groups (broad SMARTS) is 1. The van der Waals surface area contributed by atoms with Gasteiger partial charge in [-0.1, -0.05) is 0 Å². The highest BCUT2D eigenvalue weighted by atomic mass is 16.4. The van der Waals surface area contributed by atoms with Gasteiger partial charge >= 0.3 is 5.97 Å². The van der Waals surface area contributed by atoms with Crippen LogP contribution in [-0.2, 0) is 4.79 Å². The summed E-state index contributed by atoms with van der Waals surface area (Å²) in [6.45, 7) is 1.08. The second kappa shape index (κ2) is 3.05. The van der Waals surface area contributed by atoms with E-state index >= 15 is 0 Å². The molecule has 0 aromatic rings. The van der Waals surface area contributed by atoms with Crippen molar-refractivity contribution in [2.45, 2.75) is 31.7 Å². The van der Waals surface area contributed by atoms with Gasteiger partial charge in [0.25, 0.3) is 0 Å². The number of nitrogens with one attached hydrogen (secondary N) is 1. The van der Waals surface area contributed by atoms with E-state index in [1.54, 1.807) is 0 Å². The molecule has 2 fully saturated rings. The van der Waals surface area contributed by atoms with E-state index in [-0.39, 0.29) is 5.92 Å². The van der Waals surface area contributed by atoms with Gasteiger partial charge < -0.3 is 10.4 Å². The van der Waals surface area contributed by atoms with Crippen LogP contribution in [0, 0.1) is 11.8 Å². The van der Waals surface area contributed by atoms with E-state index < -0.39 is 5.97 Å². The first-order valence-corrected chi connectivity index (χ1v) is 4.73. The Morgan fingerprint density at radius 2 is 2.17 bits per heavy atom. The minimum Gasteiger partial charge on any atom is -0.481 e. The van der Waals surface area contributed by atoms with Gasteiger partial charge in [-0.3, -0.25) is 4.79 Å². The number of hydrogen-bond donors (Lipinski definition) is 2. The zero-order valence-corrected chi connectivity index (χ0v) is 7.12. The lowest BCUT2D eigenvalue weighted by Gasteiger charge is -2.29. The Morgan fingerprint density at radius 3 is 2.92 bits per heavy atom. The van der Waals surface area contributed by atoms with Gasteiger partial charge in [-0.25, -0.2) is 0 Å². The quantitative estimate of drug-likeness (QED) is 0.611.